The lowest BCUT2D eigenvalue weighted by molar-refractivity contribution is -0.119. The van der Waals surface area contributed by atoms with E-state index < -0.39 is 0 Å². The molecule has 0 bridgehead atoms. The molecule has 2 aliphatic rings. The average molecular weight is 248 g/mol. The molecule has 0 saturated heterocycles. The normalized spacial score (nSPS) is 15.8. The van der Waals surface area contributed by atoms with Crippen molar-refractivity contribution < 1.29 is 4.79 Å². The van der Waals surface area contributed by atoms with Crippen LogP contribution in [0.4, 0.5) is 0 Å². The van der Waals surface area contributed by atoms with E-state index in [1.165, 1.54) is 22.3 Å². The molecule has 0 spiro atoms. The second kappa shape index (κ2) is 3.79. The van der Waals surface area contributed by atoms with Crippen LogP contribution in [-0.2, 0) is 11.2 Å². The van der Waals surface area contributed by atoms with Gasteiger partial charge in [-0.1, -0.05) is 36.4 Å². The molecule has 2 aromatic rings. The Labute approximate surface area is 111 Å². The van der Waals surface area contributed by atoms with E-state index in [2.05, 4.69) is 53.0 Å². The molecule has 19 heavy (non-hydrogen) atoms. The van der Waals surface area contributed by atoms with Crippen molar-refractivity contribution in [3.63, 3.8) is 0 Å². The van der Waals surface area contributed by atoms with Gasteiger partial charge in [0.1, 0.15) is 0 Å². The monoisotopic (exact) mass is 248 g/mol. The third-order valence-electron chi connectivity index (χ3n) is 3.77. The molecule has 3 heteroatoms. The lowest BCUT2D eigenvalue weighted by atomic mass is 10.0. The number of rotatable bonds is 1. The first-order valence-corrected chi connectivity index (χ1v) is 6.38. The van der Waals surface area contributed by atoms with Crippen LogP contribution >= 0.6 is 0 Å². The third-order valence-corrected chi connectivity index (χ3v) is 3.77. The lowest BCUT2D eigenvalue weighted by Gasteiger charge is -2.04. The van der Waals surface area contributed by atoms with E-state index in [4.69, 9.17) is 0 Å². The van der Waals surface area contributed by atoms with Crippen LogP contribution in [0, 0.1) is 0 Å². The Kier molecular flexibility index (Phi) is 2.09. The second-order valence-corrected chi connectivity index (χ2v) is 4.98. The summed E-state index contributed by atoms with van der Waals surface area (Å²) in [5.74, 6) is -0.0289. The molecule has 1 aliphatic carbocycles. The number of hydrogen-bond donors (Lipinski definition) is 1. The number of fused-ring (bicyclic) bond motifs is 3. The number of carbonyl (C=O) groups excluding carboxylic acids is 1. The molecule has 0 atom stereocenters. The smallest absolute Gasteiger partial charge is 0.246 e. The first kappa shape index (κ1) is 10.5. The van der Waals surface area contributed by atoms with Crippen LogP contribution in [-0.4, -0.2) is 11.6 Å². The van der Waals surface area contributed by atoms with Gasteiger partial charge in [0.2, 0.25) is 5.91 Å². The van der Waals surface area contributed by atoms with E-state index in [1.807, 2.05) is 0 Å². The first-order chi connectivity index (χ1) is 9.31. The molecule has 2 aromatic carbocycles. The number of amides is 1. The van der Waals surface area contributed by atoms with Gasteiger partial charge < -0.3 is 0 Å². The zero-order valence-electron chi connectivity index (χ0n) is 10.3. The Morgan fingerprint density at radius 1 is 0.947 bits per heavy atom. The predicted octanol–water partition coefficient (Wildman–Crippen LogP) is 2.48. The van der Waals surface area contributed by atoms with Gasteiger partial charge in [0, 0.05) is 0 Å². The fraction of sp³-hybridized carbons (Fsp3) is 0.125. The number of nitrogens with one attached hydrogen (secondary N) is 1. The summed E-state index contributed by atoms with van der Waals surface area (Å²) in [5, 5.41) is 4.08. The Bertz CT molecular complexity index is 731. The van der Waals surface area contributed by atoms with Crippen molar-refractivity contribution >= 4 is 11.6 Å². The molecule has 1 amide bonds. The summed E-state index contributed by atoms with van der Waals surface area (Å²) >= 11 is 0. The number of hydrazone groups is 1. The van der Waals surface area contributed by atoms with Crippen molar-refractivity contribution in [1.29, 1.82) is 0 Å². The summed E-state index contributed by atoms with van der Waals surface area (Å²) in [7, 11) is 0. The van der Waals surface area contributed by atoms with Gasteiger partial charge in [0.25, 0.3) is 0 Å². The fourth-order valence-electron chi connectivity index (χ4n) is 2.85. The number of hydrogen-bond acceptors (Lipinski definition) is 2. The van der Waals surface area contributed by atoms with Crippen molar-refractivity contribution in [2.75, 3.05) is 0 Å². The highest BCUT2D eigenvalue weighted by Crippen LogP contribution is 2.36. The number of benzene rings is 2. The van der Waals surface area contributed by atoms with Crippen LogP contribution in [0.5, 0.6) is 0 Å². The van der Waals surface area contributed by atoms with E-state index in [9.17, 15) is 4.79 Å². The molecular formula is C16H12N2O. The molecule has 92 valence electrons. The summed E-state index contributed by atoms with van der Waals surface area (Å²) in [6.45, 7) is 0. The van der Waals surface area contributed by atoms with Crippen LogP contribution in [0.15, 0.2) is 47.6 Å². The van der Waals surface area contributed by atoms with Gasteiger partial charge >= 0.3 is 0 Å². The van der Waals surface area contributed by atoms with Gasteiger partial charge in [-0.25, -0.2) is 5.43 Å². The quantitative estimate of drug-likeness (QED) is 0.706. The highest BCUT2D eigenvalue weighted by molar-refractivity contribution is 6.13. The van der Waals surface area contributed by atoms with E-state index in [-0.39, 0.29) is 5.91 Å². The maximum atomic E-state index is 11.2. The zero-order chi connectivity index (χ0) is 12.8. The standard InChI is InChI=1S/C16H12N2O/c19-16-9-15(17-18-16)11-5-6-14-12(8-11)7-10-3-1-2-4-13(10)14/h1-6,8H,7,9H2,(H,18,19). The lowest BCUT2D eigenvalue weighted by Crippen LogP contribution is -2.09. The summed E-state index contributed by atoms with van der Waals surface area (Å²) in [6.07, 6.45) is 1.35. The molecule has 1 aliphatic heterocycles. The van der Waals surface area contributed by atoms with Crippen molar-refractivity contribution in [1.82, 2.24) is 5.43 Å². The second-order valence-electron chi connectivity index (χ2n) is 4.98. The molecule has 4 rings (SSSR count). The fourth-order valence-corrected chi connectivity index (χ4v) is 2.85. The van der Waals surface area contributed by atoms with Gasteiger partial charge in [-0.05, 0) is 40.3 Å². The highest BCUT2D eigenvalue weighted by Gasteiger charge is 2.21. The van der Waals surface area contributed by atoms with Gasteiger partial charge in [-0.3, -0.25) is 4.79 Å². The molecule has 0 aromatic heterocycles. The highest BCUT2D eigenvalue weighted by atomic mass is 16.2. The minimum absolute atomic E-state index is 0.0289. The van der Waals surface area contributed by atoms with Crippen molar-refractivity contribution in [3.8, 4) is 11.1 Å². The van der Waals surface area contributed by atoms with Crippen LogP contribution in [0.1, 0.15) is 23.1 Å². The summed E-state index contributed by atoms with van der Waals surface area (Å²) in [6, 6.07) is 14.9. The molecule has 0 fully saturated rings. The third kappa shape index (κ3) is 1.58. The Balaban J connectivity index is 1.78. The van der Waals surface area contributed by atoms with Crippen molar-refractivity contribution in [2.45, 2.75) is 12.8 Å². The zero-order valence-corrected chi connectivity index (χ0v) is 10.3. The minimum Gasteiger partial charge on any atom is -0.273 e. The van der Waals surface area contributed by atoms with Crippen LogP contribution in [0.3, 0.4) is 0 Å². The van der Waals surface area contributed by atoms with E-state index in [0.717, 1.165) is 17.7 Å². The SMILES string of the molecule is O=C1CC(c2ccc3c(c2)Cc2ccccc2-3)=NN1. The maximum absolute atomic E-state index is 11.2. The number of carbonyl (C=O) groups is 1. The van der Waals surface area contributed by atoms with Gasteiger partial charge in [0.15, 0.2) is 0 Å². The molecule has 0 saturated carbocycles. The van der Waals surface area contributed by atoms with E-state index >= 15 is 0 Å². The largest absolute Gasteiger partial charge is 0.273 e. The van der Waals surface area contributed by atoms with E-state index in [1.54, 1.807) is 0 Å². The Morgan fingerprint density at radius 3 is 2.63 bits per heavy atom. The Hall–Kier alpha value is -2.42. The van der Waals surface area contributed by atoms with E-state index in [0.29, 0.717) is 6.42 Å². The topological polar surface area (TPSA) is 41.5 Å². The van der Waals surface area contributed by atoms with Crippen LogP contribution in [0.2, 0.25) is 0 Å². The molecule has 0 unspecified atom stereocenters. The summed E-state index contributed by atoms with van der Waals surface area (Å²) < 4.78 is 0. The van der Waals surface area contributed by atoms with Crippen LogP contribution in [0.25, 0.3) is 11.1 Å². The van der Waals surface area contributed by atoms with Gasteiger partial charge in [0.05, 0.1) is 12.1 Å². The Morgan fingerprint density at radius 2 is 1.79 bits per heavy atom. The molecular weight excluding hydrogens is 236 g/mol. The van der Waals surface area contributed by atoms with Crippen LogP contribution < -0.4 is 5.43 Å². The maximum Gasteiger partial charge on any atom is 0.246 e. The molecule has 1 heterocycles. The van der Waals surface area contributed by atoms with Gasteiger partial charge in [-0.15, -0.1) is 0 Å². The van der Waals surface area contributed by atoms with Crippen molar-refractivity contribution in [3.05, 3.63) is 59.2 Å². The molecule has 3 nitrogen and oxygen atoms in total. The summed E-state index contributed by atoms with van der Waals surface area (Å²) in [4.78, 5) is 11.2. The average Bonchev–Trinajstić information content (AvgIpc) is 3.01. The minimum atomic E-state index is -0.0289. The predicted molar refractivity (Wildman–Crippen MR) is 74.0 cm³/mol. The van der Waals surface area contributed by atoms with Gasteiger partial charge in [-0.2, -0.15) is 5.10 Å². The number of nitrogens with zero attached hydrogens (tertiary/aromatic N) is 1. The van der Waals surface area contributed by atoms with Crippen molar-refractivity contribution in [2.24, 2.45) is 5.10 Å². The molecule has 0 radical (unpaired) electrons. The molecule has 1 N–H and O–H groups in total. The summed E-state index contributed by atoms with van der Waals surface area (Å²) in [5.41, 5.74) is 9.71. The first-order valence-electron chi connectivity index (χ1n) is 6.38.